The summed E-state index contributed by atoms with van der Waals surface area (Å²) in [4.78, 5) is 5.49. The first-order valence-corrected chi connectivity index (χ1v) is 7.09. The van der Waals surface area contributed by atoms with Gasteiger partial charge in [-0.25, -0.2) is 0 Å². The van der Waals surface area contributed by atoms with Gasteiger partial charge in [-0.15, -0.1) is 4.47 Å². The van der Waals surface area contributed by atoms with Crippen LogP contribution in [0.15, 0.2) is 28.7 Å². The van der Waals surface area contributed by atoms with E-state index in [-0.39, 0.29) is 12.1 Å². The van der Waals surface area contributed by atoms with Crippen molar-refractivity contribution in [2.45, 2.75) is 25.0 Å². The van der Waals surface area contributed by atoms with Crippen molar-refractivity contribution < 1.29 is 13.3 Å². The second-order valence-corrected chi connectivity index (χ2v) is 5.82. The molecule has 6 nitrogen and oxygen atoms in total. The van der Waals surface area contributed by atoms with Crippen LogP contribution >= 0.6 is 0 Å². The Labute approximate surface area is 105 Å². The van der Waals surface area contributed by atoms with Crippen LogP contribution in [0.1, 0.15) is 18.4 Å². The fraction of sp³-hybridized carbons (Fsp3) is 0.364. The number of fused-ring (bicyclic) bond motifs is 1. The smallest absolute Gasteiger partial charge is 0.325 e. The summed E-state index contributed by atoms with van der Waals surface area (Å²) in [5.74, 6) is 0. The topological polar surface area (TPSA) is 85.0 Å². The Balaban J connectivity index is 1.97. The molecule has 1 saturated carbocycles. The first-order chi connectivity index (χ1) is 8.58. The van der Waals surface area contributed by atoms with Gasteiger partial charge in [0.05, 0.1) is 11.9 Å². The molecular weight excluding hydrogens is 254 g/mol. The number of nitrogens with two attached hydrogens (primary N) is 1. The molecule has 1 aliphatic carbocycles. The quantitative estimate of drug-likeness (QED) is 0.850. The van der Waals surface area contributed by atoms with E-state index in [1.54, 1.807) is 18.2 Å². The lowest BCUT2D eigenvalue weighted by molar-refractivity contribution is -0.00629. The molecule has 1 fully saturated rings. The maximum Gasteiger partial charge on any atom is 0.367 e. The standard InChI is InChI=1S/C11H13N3O3S/c12-9-5-6-11(9)17-14-10-4-2-1-3-8(10)7-13-18(14,15)16/h1-4,7,9,11H,5-6,12H2. The van der Waals surface area contributed by atoms with Crippen molar-refractivity contribution in [3.8, 4) is 0 Å². The van der Waals surface area contributed by atoms with Crippen molar-refractivity contribution in [1.82, 2.24) is 0 Å². The summed E-state index contributed by atoms with van der Waals surface area (Å²) < 4.78 is 28.2. The number of hydrogen-bond donors (Lipinski definition) is 1. The Hall–Kier alpha value is -1.44. The van der Waals surface area contributed by atoms with E-state index in [2.05, 4.69) is 4.40 Å². The lowest BCUT2D eigenvalue weighted by Gasteiger charge is -2.37. The van der Waals surface area contributed by atoms with E-state index in [4.69, 9.17) is 10.6 Å². The van der Waals surface area contributed by atoms with Crippen molar-refractivity contribution in [2.24, 2.45) is 10.1 Å². The molecule has 0 spiro atoms. The van der Waals surface area contributed by atoms with Crippen molar-refractivity contribution in [3.05, 3.63) is 29.8 Å². The molecule has 0 amide bonds. The van der Waals surface area contributed by atoms with E-state index in [9.17, 15) is 8.42 Å². The van der Waals surface area contributed by atoms with Gasteiger partial charge in [0, 0.05) is 11.6 Å². The summed E-state index contributed by atoms with van der Waals surface area (Å²) in [7, 11) is -3.81. The first kappa shape index (κ1) is 11.6. The van der Waals surface area contributed by atoms with Gasteiger partial charge in [0.25, 0.3) is 0 Å². The number of nitrogens with zero attached hydrogens (tertiary/aromatic N) is 2. The van der Waals surface area contributed by atoms with E-state index in [0.717, 1.165) is 17.3 Å². The second kappa shape index (κ2) is 4.04. The molecule has 7 heteroatoms. The van der Waals surface area contributed by atoms with E-state index < -0.39 is 10.2 Å². The minimum atomic E-state index is -3.81. The molecule has 0 saturated heterocycles. The van der Waals surface area contributed by atoms with Crippen molar-refractivity contribution in [1.29, 1.82) is 0 Å². The first-order valence-electron chi connectivity index (χ1n) is 5.70. The molecule has 0 aromatic heterocycles. The molecular formula is C11H13N3O3S. The van der Waals surface area contributed by atoms with Gasteiger partial charge in [-0.1, -0.05) is 18.2 Å². The lowest BCUT2D eigenvalue weighted by Crippen LogP contribution is -2.50. The largest absolute Gasteiger partial charge is 0.367 e. The highest BCUT2D eigenvalue weighted by Crippen LogP contribution is 2.31. The van der Waals surface area contributed by atoms with Crippen LogP contribution in [0.2, 0.25) is 0 Å². The Morgan fingerprint density at radius 3 is 2.78 bits per heavy atom. The molecule has 0 radical (unpaired) electrons. The normalized spacial score (nSPS) is 28.6. The van der Waals surface area contributed by atoms with E-state index in [1.807, 2.05) is 6.07 Å². The highest BCUT2D eigenvalue weighted by molar-refractivity contribution is 7.91. The van der Waals surface area contributed by atoms with Gasteiger partial charge >= 0.3 is 10.2 Å². The zero-order valence-corrected chi connectivity index (χ0v) is 10.4. The molecule has 1 aliphatic heterocycles. The molecule has 2 aliphatic rings. The maximum atomic E-state index is 11.9. The summed E-state index contributed by atoms with van der Waals surface area (Å²) in [5.41, 5.74) is 6.95. The highest BCUT2D eigenvalue weighted by Gasteiger charge is 2.36. The summed E-state index contributed by atoms with van der Waals surface area (Å²) in [6.07, 6.45) is 2.68. The van der Waals surface area contributed by atoms with Gasteiger partial charge in [-0.3, -0.25) is 4.84 Å². The van der Waals surface area contributed by atoms with Crippen molar-refractivity contribution in [3.63, 3.8) is 0 Å². The zero-order valence-electron chi connectivity index (χ0n) is 9.56. The predicted octanol–water partition coefficient (Wildman–Crippen LogP) is 0.592. The number of benzene rings is 1. The highest BCUT2D eigenvalue weighted by atomic mass is 32.2. The van der Waals surface area contributed by atoms with Gasteiger partial charge in [-0.05, 0) is 18.9 Å². The average molecular weight is 267 g/mol. The monoisotopic (exact) mass is 267 g/mol. The number of hydrogen-bond acceptors (Lipinski definition) is 4. The Morgan fingerprint density at radius 1 is 1.33 bits per heavy atom. The molecule has 0 bridgehead atoms. The van der Waals surface area contributed by atoms with Crippen LogP contribution in [-0.4, -0.2) is 26.8 Å². The van der Waals surface area contributed by atoms with Gasteiger partial charge in [0.15, 0.2) is 0 Å². The molecule has 2 unspecified atom stereocenters. The number of anilines is 1. The van der Waals surface area contributed by atoms with Crippen LogP contribution < -0.4 is 10.2 Å². The van der Waals surface area contributed by atoms with Gasteiger partial charge < -0.3 is 5.73 Å². The fourth-order valence-corrected chi connectivity index (χ4v) is 2.88. The zero-order chi connectivity index (χ0) is 12.8. The van der Waals surface area contributed by atoms with Gasteiger partial charge in [0.2, 0.25) is 0 Å². The Bertz CT molecular complexity index is 599. The van der Waals surface area contributed by atoms with Crippen molar-refractivity contribution >= 4 is 22.1 Å². The van der Waals surface area contributed by atoms with E-state index in [0.29, 0.717) is 11.3 Å². The average Bonchev–Trinajstić information content (AvgIpc) is 2.35. The van der Waals surface area contributed by atoms with Crippen molar-refractivity contribution in [2.75, 3.05) is 4.47 Å². The number of rotatable bonds is 2. The summed E-state index contributed by atoms with van der Waals surface area (Å²) in [6.45, 7) is 0. The van der Waals surface area contributed by atoms with Gasteiger partial charge in [-0.2, -0.15) is 12.8 Å². The maximum absolute atomic E-state index is 11.9. The van der Waals surface area contributed by atoms with Crippen LogP contribution in [0, 0.1) is 0 Å². The Kier molecular flexibility index (Phi) is 2.61. The minimum Gasteiger partial charge on any atom is -0.325 e. The minimum absolute atomic E-state index is 0.113. The van der Waals surface area contributed by atoms with Crippen LogP contribution in [0.5, 0.6) is 0 Å². The SMILES string of the molecule is NC1CCC1ON1c2ccccc2C=NS1(=O)=O. The van der Waals surface area contributed by atoms with Crippen LogP contribution in [0.3, 0.4) is 0 Å². The molecule has 18 heavy (non-hydrogen) atoms. The van der Waals surface area contributed by atoms with Crippen LogP contribution in [0.25, 0.3) is 0 Å². The third-order valence-corrected chi connectivity index (χ3v) is 4.23. The second-order valence-electron chi connectivity index (χ2n) is 4.38. The number of para-hydroxylation sites is 1. The summed E-state index contributed by atoms with van der Waals surface area (Å²) in [5, 5.41) is 0. The Morgan fingerprint density at radius 2 is 2.11 bits per heavy atom. The molecule has 1 aromatic rings. The van der Waals surface area contributed by atoms with Crippen LogP contribution in [0.4, 0.5) is 5.69 Å². The van der Waals surface area contributed by atoms with Gasteiger partial charge in [0.1, 0.15) is 6.10 Å². The molecule has 3 rings (SSSR count). The molecule has 2 N–H and O–H groups in total. The summed E-state index contributed by atoms with van der Waals surface area (Å²) in [6, 6.07) is 6.92. The third-order valence-electron chi connectivity index (χ3n) is 3.16. The van der Waals surface area contributed by atoms with Crippen LogP contribution in [-0.2, 0) is 15.0 Å². The lowest BCUT2D eigenvalue weighted by atomic mass is 9.90. The summed E-state index contributed by atoms with van der Waals surface area (Å²) >= 11 is 0. The molecule has 2 atom stereocenters. The molecule has 1 aromatic carbocycles. The van der Waals surface area contributed by atoms with E-state index >= 15 is 0 Å². The van der Waals surface area contributed by atoms with E-state index in [1.165, 1.54) is 6.21 Å². The predicted molar refractivity (Wildman–Crippen MR) is 67.5 cm³/mol. The third kappa shape index (κ3) is 1.80. The molecule has 1 heterocycles. The molecule has 96 valence electrons. The fourth-order valence-electron chi connectivity index (χ4n) is 1.91.